The quantitative estimate of drug-likeness (QED) is 0.552. The average Bonchev–Trinajstić information content (AvgIpc) is 2.72. The van der Waals surface area contributed by atoms with Crippen molar-refractivity contribution in [3.63, 3.8) is 0 Å². The third kappa shape index (κ3) is 5.75. The Bertz CT molecular complexity index is 1120. The van der Waals surface area contributed by atoms with E-state index in [4.69, 9.17) is 11.6 Å². The zero-order valence-electron chi connectivity index (χ0n) is 22.1. The van der Waals surface area contributed by atoms with Gasteiger partial charge in [0.05, 0.1) is 19.2 Å². The Morgan fingerprint density at radius 2 is 1.71 bits per heavy atom. The molecule has 1 saturated heterocycles. The first-order chi connectivity index (χ1) is 15.7. The monoisotopic (exact) mass is 486 g/mol. The van der Waals surface area contributed by atoms with E-state index in [-0.39, 0.29) is 16.9 Å². The van der Waals surface area contributed by atoms with Gasteiger partial charge < -0.3 is 9.88 Å². The molecule has 186 valence electrons. The molecule has 0 spiro atoms. The number of halogens is 1. The fraction of sp³-hybridized carbons (Fsp3) is 0.571. The molecular weight excluding hydrogens is 446 g/mol. The van der Waals surface area contributed by atoms with Crippen molar-refractivity contribution in [1.82, 2.24) is 14.4 Å². The molecule has 1 aliphatic rings. The van der Waals surface area contributed by atoms with Gasteiger partial charge in [0.25, 0.3) is 5.56 Å². The number of piperidine rings is 1. The highest BCUT2D eigenvalue weighted by Crippen LogP contribution is 2.36. The standard InChI is InChI=1S/C28H40ClN3O2/c1-18-14-23(29)15-25(21(18)4)32(8,17-24-19(2)13-20(3)30-26(24)33)16-22-9-11-31(12-10-22)27(34)28(5,6)7/h13-15,22H,9-12,16-17H2,1-8H3/p+1. The molecule has 34 heavy (non-hydrogen) atoms. The highest BCUT2D eigenvalue weighted by molar-refractivity contribution is 6.31. The first-order valence-electron chi connectivity index (χ1n) is 12.3. The molecule has 1 fully saturated rings. The van der Waals surface area contributed by atoms with Crippen molar-refractivity contribution >= 4 is 23.2 Å². The maximum absolute atomic E-state index is 13.0. The minimum atomic E-state index is -0.350. The largest absolute Gasteiger partial charge is 0.342 e. The van der Waals surface area contributed by atoms with Crippen molar-refractivity contribution in [1.29, 1.82) is 0 Å². The van der Waals surface area contributed by atoms with Crippen molar-refractivity contribution in [3.8, 4) is 0 Å². The molecule has 3 rings (SSSR count). The molecule has 1 N–H and O–H groups in total. The summed E-state index contributed by atoms with van der Waals surface area (Å²) in [5.74, 6) is 0.684. The molecule has 1 aromatic heterocycles. The first kappa shape index (κ1) is 26.5. The molecule has 0 bridgehead atoms. The normalized spacial score (nSPS) is 17.0. The predicted molar refractivity (Wildman–Crippen MR) is 143 cm³/mol. The summed E-state index contributed by atoms with van der Waals surface area (Å²) in [5.41, 5.74) is 5.91. The molecule has 1 aromatic carbocycles. The Labute approximate surface area is 209 Å². The summed E-state index contributed by atoms with van der Waals surface area (Å²) in [6, 6.07) is 6.12. The Morgan fingerprint density at radius 1 is 1.09 bits per heavy atom. The van der Waals surface area contributed by atoms with E-state index >= 15 is 0 Å². The van der Waals surface area contributed by atoms with Crippen LogP contribution in [0.5, 0.6) is 0 Å². The molecule has 1 atom stereocenters. The van der Waals surface area contributed by atoms with E-state index in [2.05, 4.69) is 31.9 Å². The molecule has 1 unspecified atom stereocenters. The van der Waals surface area contributed by atoms with Crippen LogP contribution in [0, 0.1) is 39.0 Å². The maximum Gasteiger partial charge on any atom is 0.257 e. The summed E-state index contributed by atoms with van der Waals surface area (Å²) in [7, 11) is 2.23. The first-order valence-corrected chi connectivity index (χ1v) is 12.7. The molecule has 1 amide bonds. The van der Waals surface area contributed by atoms with Gasteiger partial charge in [0.2, 0.25) is 5.91 Å². The van der Waals surface area contributed by atoms with Crippen LogP contribution in [-0.2, 0) is 11.3 Å². The van der Waals surface area contributed by atoms with Crippen LogP contribution in [-0.4, -0.2) is 42.5 Å². The fourth-order valence-corrected chi connectivity index (χ4v) is 5.66. The van der Waals surface area contributed by atoms with Gasteiger partial charge >= 0.3 is 0 Å². The van der Waals surface area contributed by atoms with Crippen LogP contribution in [0.1, 0.15) is 61.6 Å². The van der Waals surface area contributed by atoms with E-state index in [0.29, 0.717) is 16.9 Å². The lowest BCUT2D eigenvalue weighted by Gasteiger charge is -2.41. The Hall–Kier alpha value is -2.11. The van der Waals surface area contributed by atoms with Crippen LogP contribution >= 0.6 is 11.6 Å². The van der Waals surface area contributed by atoms with Crippen LogP contribution in [0.2, 0.25) is 5.02 Å². The number of amides is 1. The zero-order chi connectivity index (χ0) is 25.4. The third-order valence-electron chi connectivity index (χ3n) is 7.39. The number of aromatic nitrogens is 1. The molecule has 0 aliphatic carbocycles. The second-order valence-corrected chi connectivity index (χ2v) is 12.0. The topological polar surface area (TPSA) is 53.2 Å². The number of aryl methyl sites for hydroxylation is 3. The Kier molecular flexibility index (Phi) is 7.69. The van der Waals surface area contributed by atoms with E-state index in [1.165, 1.54) is 5.56 Å². The molecule has 5 nitrogen and oxygen atoms in total. The van der Waals surface area contributed by atoms with Crippen LogP contribution in [0.4, 0.5) is 5.69 Å². The van der Waals surface area contributed by atoms with Gasteiger partial charge in [-0.3, -0.25) is 14.1 Å². The number of likely N-dealkylation sites (tertiary alicyclic amines) is 1. The van der Waals surface area contributed by atoms with Gasteiger partial charge in [-0.05, 0) is 63.8 Å². The summed E-state index contributed by atoms with van der Waals surface area (Å²) in [6.07, 6.45) is 1.94. The van der Waals surface area contributed by atoms with Crippen molar-refractivity contribution in [2.45, 2.75) is 67.9 Å². The molecule has 1 aliphatic heterocycles. The second-order valence-electron chi connectivity index (χ2n) is 11.5. The summed E-state index contributed by atoms with van der Waals surface area (Å²) in [5, 5.41) is 0.725. The van der Waals surface area contributed by atoms with Gasteiger partial charge in [0.1, 0.15) is 12.2 Å². The third-order valence-corrected chi connectivity index (χ3v) is 7.61. The number of hydrogen-bond acceptors (Lipinski definition) is 2. The maximum atomic E-state index is 13.0. The Balaban J connectivity index is 1.95. The number of nitrogens with zero attached hydrogens (tertiary/aromatic N) is 2. The van der Waals surface area contributed by atoms with Crippen LogP contribution in [0.25, 0.3) is 0 Å². The van der Waals surface area contributed by atoms with Gasteiger partial charge in [-0.2, -0.15) is 0 Å². The van der Waals surface area contributed by atoms with Gasteiger partial charge in [-0.15, -0.1) is 0 Å². The molecular formula is C28H41ClN3O2+. The van der Waals surface area contributed by atoms with Gasteiger partial charge in [-0.1, -0.05) is 32.4 Å². The zero-order valence-corrected chi connectivity index (χ0v) is 22.9. The van der Waals surface area contributed by atoms with E-state index in [1.54, 1.807) is 0 Å². The van der Waals surface area contributed by atoms with Crippen molar-refractivity contribution in [2.24, 2.45) is 11.3 Å². The SMILES string of the molecule is Cc1cc(C)c(C[N+](C)(CC2CCN(C(=O)C(C)(C)C)CC2)c2cc(Cl)cc(C)c2C)c(=O)[nH]1. The minimum Gasteiger partial charge on any atom is -0.342 e. The lowest BCUT2D eigenvalue weighted by atomic mass is 9.90. The van der Waals surface area contributed by atoms with Crippen molar-refractivity contribution < 1.29 is 4.79 Å². The number of benzene rings is 1. The average molecular weight is 487 g/mol. The highest BCUT2D eigenvalue weighted by atomic mass is 35.5. The molecule has 2 aromatic rings. The number of hydrogen-bond donors (Lipinski definition) is 1. The smallest absolute Gasteiger partial charge is 0.257 e. The van der Waals surface area contributed by atoms with E-state index in [9.17, 15) is 9.59 Å². The summed E-state index contributed by atoms with van der Waals surface area (Å²) in [6.45, 7) is 17.2. The highest BCUT2D eigenvalue weighted by Gasteiger charge is 2.36. The van der Waals surface area contributed by atoms with E-state index in [1.807, 2.05) is 51.7 Å². The lowest BCUT2D eigenvalue weighted by Crippen LogP contribution is -2.52. The van der Waals surface area contributed by atoms with Gasteiger partial charge in [0.15, 0.2) is 0 Å². The van der Waals surface area contributed by atoms with Crippen LogP contribution in [0.3, 0.4) is 0 Å². The van der Waals surface area contributed by atoms with Crippen LogP contribution in [0.15, 0.2) is 23.0 Å². The molecule has 0 radical (unpaired) electrons. The second kappa shape index (κ2) is 9.87. The summed E-state index contributed by atoms with van der Waals surface area (Å²) in [4.78, 5) is 30.7. The number of pyridine rings is 1. The number of nitrogens with one attached hydrogen (secondary N) is 1. The van der Waals surface area contributed by atoms with E-state index in [0.717, 1.165) is 65.6 Å². The van der Waals surface area contributed by atoms with Crippen LogP contribution < -0.4 is 10.0 Å². The lowest BCUT2D eigenvalue weighted by molar-refractivity contribution is -0.140. The van der Waals surface area contributed by atoms with Gasteiger partial charge in [0, 0.05) is 46.8 Å². The number of quaternary nitrogens is 1. The minimum absolute atomic E-state index is 0.0103. The number of H-pyrrole nitrogens is 1. The van der Waals surface area contributed by atoms with Gasteiger partial charge in [-0.25, -0.2) is 0 Å². The van der Waals surface area contributed by atoms with Crippen molar-refractivity contribution in [2.75, 3.05) is 26.7 Å². The van der Waals surface area contributed by atoms with E-state index < -0.39 is 0 Å². The number of rotatable bonds is 5. The number of carbonyl (C=O) groups is 1. The summed E-state index contributed by atoms with van der Waals surface area (Å²) >= 11 is 6.53. The summed E-state index contributed by atoms with van der Waals surface area (Å²) < 4.78 is 0.609. The fourth-order valence-electron chi connectivity index (χ4n) is 5.40. The molecule has 2 heterocycles. The number of aromatic amines is 1. The molecule has 6 heteroatoms. The predicted octanol–water partition coefficient (Wildman–Crippen LogP) is 5.68. The number of carbonyl (C=O) groups excluding carboxylic acids is 1. The van der Waals surface area contributed by atoms with Crippen molar-refractivity contribution in [3.05, 3.63) is 61.5 Å². The Morgan fingerprint density at radius 3 is 2.26 bits per heavy atom. The molecule has 0 saturated carbocycles.